The lowest BCUT2D eigenvalue weighted by Crippen LogP contribution is -2.20. The molecule has 1 aliphatic rings. The molecule has 3 heteroatoms. The van der Waals surface area contributed by atoms with Crippen LogP contribution in [0, 0.1) is 0 Å². The van der Waals surface area contributed by atoms with Crippen LogP contribution in [-0.4, -0.2) is 10.9 Å². The number of oxime groups is 1. The fourth-order valence-electron chi connectivity index (χ4n) is 2.62. The van der Waals surface area contributed by atoms with Gasteiger partial charge in [0.1, 0.15) is 0 Å². The van der Waals surface area contributed by atoms with Gasteiger partial charge in [0.15, 0.2) is 0 Å². The van der Waals surface area contributed by atoms with Crippen LogP contribution in [0.4, 0.5) is 0 Å². The average Bonchev–Trinajstić information content (AvgIpc) is 2.94. The van der Waals surface area contributed by atoms with Gasteiger partial charge in [0, 0.05) is 11.8 Å². The maximum Gasteiger partial charge on any atom is 0.0982 e. The fraction of sp³-hybridized carbons (Fsp3) is 0.214. The van der Waals surface area contributed by atoms with Crippen molar-refractivity contribution in [3.8, 4) is 0 Å². The molecule has 0 fully saturated rings. The van der Waals surface area contributed by atoms with Crippen LogP contribution in [0.25, 0.3) is 0 Å². The van der Waals surface area contributed by atoms with E-state index in [1.54, 1.807) is 11.3 Å². The molecule has 0 amide bonds. The van der Waals surface area contributed by atoms with Crippen molar-refractivity contribution >= 4 is 17.0 Å². The zero-order valence-electron chi connectivity index (χ0n) is 9.55. The minimum Gasteiger partial charge on any atom is -0.411 e. The highest BCUT2D eigenvalue weighted by atomic mass is 32.1. The van der Waals surface area contributed by atoms with Crippen LogP contribution in [0.15, 0.2) is 46.9 Å². The molecule has 0 bridgehead atoms. The van der Waals surface area contributed by atoms with Gasteiger partial charge in [-0.3, -0.25) is 0 Å². The van der Waals surface area contributed by atoms with Crippen molar-refractivity contribution in [1.82, 2.24) is 0 Å². The minimum absolute atomic E-state index is 0.0574. The topological polar surface area (TPSA) is 32.6 Å². The molecule has 1 N–H and O–H groups in total. The highest BCUT2D eigenvalue weighted by molar-refractivity contribution is 7.12. The lowest BCUT2D eigenvalue weighted by atomic mass is 9.78. The second-order valence-corrected chi connectivity index (χ2v) is 5.50. The zero-order chi connectivity index (χ0) is 11.9. The number of rotatable bonds is 1. The first-order valence-corrected chi connectivity index (χ1v) is 6.48. The summed E-state index contributed by atoms with van der Waals surface area (Å²) in [5, 5.41) is 14.6. The van der Waals surface area contributed by atoms with Gasteiger partial charge in [0.2, 0.25) is 0 Å². The van der Waals surface area contributed by atoms with E-state index in [-0.39, 0.29) is 5.41 Å². The third-order valence-corrected chi connectivity index (χ3v) is 4.54. The zero-order valence-corrected chi connectivity index (χ0v) is 10.4. The van der Waals surface area contributed by atoms with E-state index in [1.165, 1.54) is 11.1 Å². The maximum atomic E-state index is 9.10. The van der Waals surface area contributed by atoms with E-state index in [1.807, 2.05) is 6.07 Å². The molecule has 3 rings (SSSR count). The monoisotopic (exact) mass is 243 g/mol. The molecular formula is C14H13NOS. The Morgan fingerprint density at radius 1 is 1.24 bits per heavy atom. The summed E-state index contributed by atoms with van der Waals surface area (Å²) in [4.78, 5) is 1.12. The lowest BCUT2D eigenvalue weighted by molar-refractivity contribution is 0.317. The van der Waals surface area contributed by atoms with Crippen molar-refractivity contribution < 1.29 is 5.21 Å². The summed E-state index contributed by atoms with van der Waals surface area (Å²) in [5.74, 6) is 0. The summed E-state index contributed by atoms with van der Waals surface area (Å²) in [5.41, 5.74) is 3.30. The van der Waals surface area contributed by atoms with Gasteiger partial charge in [-0.1, -0.05) is 42.4 Å². The van der Waals surface area contributed by atoms with E-state index in [0.717, 1.165) is 17.0 Å². The number of hydrogen-bond donors (Lipinski definition) is 1. The molecular weight excluding hydrogens is 230 g/mol. The Kier molecular flexibility index (Phi) is 2.30. The van der Waals surface area contributed by atoms with Crippen molar-refractivity contribution in [1.29, 1.82) is 0 Å². The summed E-state index contributed by atoms with van der Waals surface area (Å²) in [7, 11) is 0. The first-order chi connectivity index (χ1) is 8.25. The number of benzene rings is 1. The van der Waals surface area contributed by atoms with Crippen molar-refractivity contribution in [3.63, 3.8) is 0 Å². The molecule has 2 nitrogen and oxygen atoms in total. The van der Waals surface area contributed by atoms with Gasteiger partial charge >= 0.3 is 0 Å². The summed E-state index contributed by atoms with van der Waals surface area (Å²) in [6.07, 6.45) is 0.773. The highest BCUT2D eigenvalue weighted by Crippen LogP contribution is 2.45. The van der Waals surface area contributed by atoms with E-state index >= 15 is 0 Å². The Balaban J connectivity index is 2.19. The first kappa shape index (κ1) is 10.5. The van der Waals surface area contributed by atoms with Crippen LogP contribution in [-0.2, 0) is 5.41 Å². The van der Waals surface area contributed by atoms with E-state index in [0.29, 0.717) is 0 Å². The molecule has 0 saturated heterocycles. The molecule has 1 atom stereocenters. The van der Waals surface area contributed by atoms with Crippen molar-refractivity contribution in [3.05, 3.63) is 57.8 Å². The predicted octanol–water partition coefficient (Wildman–Crippen LogP) is 3.64. The predicted molar refractivity (Wildman–Crippen MR) is 70.2 cm³/mol. The van der Waals surface area contributed by atoms with Gasteiger partial charge in [-0.25, -0.2) is 0 Å². The maximum absolute atomic E-state index is 9.10. The number of hydrogen-bond acceptors (Lipinski definition) is 3. The molecule has 0 spiro atoms. The molecule has 1 aromatic carbocycles. The molecule has 0 radical (unpaired) electrons. The van der Waals surface area contributed by atoms with Crippen LogP contribution in [0.3, 0.4) is 0 Å². The van der Waals surface area contributed by atoms with Crippen molar-refractivity contribution in [2.45, 2.75) is 18.8 Å². The molecule has 1 aliphatic carbocycles. The Labute approximate surface area is 104 Å². The van der Waals surface area contributed by atoms with Gasteiger partial charge < -0.3 is 5.21 Å². The average molecular weight is 243 g/mol. The van der Waals surface area contributed by atoms with Crippen LogP contribution >= 0.6 is 11.3 Å². The Morgan fingerprint density at radius 3 is 2.71 bits per heavy atom. The van der Waals surface area contributed by atoms with Crippen molar-refractivity contribution in [2.75, 3.05) is 0 Å². The SMILES string of the molecule is CC1(c2ccccc2)CC(=NO)c2sccc21. The third kappa shape index (κ3) is 1.42. The van der Waals surface area contributed by atoms with E-state index in [4.69, 9.17) is 5.21 Å². The lowest BCUT2D eigenvalue weighted by Gasteiger charge is -2.24. The van der Waals surface area contributed by atoms with Crippen LogP contribution in [0.1, 0.15) is 29.3 Å². The Morgan fingerprint density at radius 2 is 2.00 bits per heavy atom. The fourth-order valence-corrected chi connectivity index (χ4v) is 3.63. The molecule has 86 valence electrons. The van der Waals surface area contributed by atoms with E-state index in [2.05, 4.69) is 47.8 Å². The number of thiophene rings is 1. The summed E-state index contributed by atoms with van der Waals surface area (Å²) < 4.78 is 0. The number of nitrogens with zero attached hydrogens (tertiary/aromatic N) is 1. The van der Waals surface area contributed by atoms with Gasteiger partial charge in [0.25, 0.3) is 0 Å². The standard InChI is InChI=1S/C14H13NOS/c1-14(10-5-3-2-4-6-10)9-12(15-16)13-11(14)7-8-17-13/h2-8,16H,9H2,1H3. The molecule has 1 heterocycles. The van der Waals surface area contributed by atoms with Gasteiger partial charge in [-0.05, 0) is 22.6 Å². The van der Waals surface area contributed by atoms with Crippen LogP contribution < -0.4 is 0 Å². The normalized spacial score (nSPS) is 25.1. The second kappa shape index (κ2) is 3.70. The summed E-state index contributed by atoms with van der Waals surface area (Å²) in [6, 6.07) is 12.6. The summed E-state index contributed by atoms with van der Waals surface area (Å²) >= 11 is 1.65. The quantitative estimate of drug-likeness (QED) is 0.602. The smallest absolute Gasteiger partial charge is 0.0982 e. The summed E-state index contributed by atoms with van der Waals surface area (Å²) in [6.45, 7) is 2.21. The van der Waals surface area contributed by atoms with E-state index < -0.39 is 0 Å². The molecule has 0 aliphatic heterocycles. The molecule has 2 aromatic rings. The third-order valence-electron chi connectivity index (χ3n) is 3.57. The molecule has 17 heavy (non-hydrogen) atoms. The van der Waals surface area contributed by atoms with Gasteiger partial charge in [-0.2, -0.15) is 0 Å². The van der Waals surface area contributed by atoms with Crippen molar-refractivity contribution in [2.24, 2.45) is 5.16 Å². The Bertz CT molecular complexity index is 573. The highest BCUT2D eigenvalue weighted by Gasteiger charge is 2.40. The number of fused-ring (bicyclic) bond motifs is 1. The van der Waals surface area contributed by atoms with Gasteiger partial charge in [0.05, 0.1) is 10.6 Å². The minimum atomic E-state index is -0.0574. The van der Waals surface area contributed by atoms with Crippen LogP contribution in [0.2, 0.25) is 0 Å². The molecule has 0 saturated carbocycles. The largest absolute Gasteiger partial charge is 0.411 e. The first-order valence-electron chi connectivity index (χ1n) is 5.60. The van der Waals surface area contributed by atoms with Crippen LogP contribution in [0.5, 0.6) is 0 Å². The molecule has 1 aromatic heterocycles. The van der Waals surface area contributed by atoms with Gasteiger partial charge in [-0.15, -0.1) is 11.3 Å². The van der Waals surface area contributed by atoms with E-state index in [9.17, 15) is 0 Å². The Hall–Kier alpha value is -1.61. The second-order valence-electron chi connectivity index (χ2n) is 4.59. The molecule has 1 unspecified atom stereocenters.